The third kappa shape index (κ3) is 5.37. The summed E-state index contributed by atoms with van der Waals surface area (Å²) < 4.78 is 2.48. The van der Waals surface area contributed by atoms with Crippen molar-refractivity contribution in [3.05, 3.63) is 262 Å². The van der Waals surface area contributed by atoms with Crippen LogP contribution in [-0.2, 0) is 5.41 Å². The van der Waals surface area contributed by atoms with Gasteiger partial charge in [0.15, 0.2) is 0 Å². The Morgan fingerprint density at radius 3 is 1.80 bits per heavy atom. The molecule has 1 N–H and O–H groups in total. The Morgan fingerprint density at radius 1 is 0.484 bits per heavy atom. The van der Waals surface area contributed by atoms with Crippen molar-refractivity contribution >= 4 is 34.1 Å². The Kier molecular flexibility index (Phi) is 8.32. The first-order valence-corrected chi connectivity index (χ1v) is 22.5. The molecule has 0 atom stereocenters. The van der Waals surface area contributed by atoms with Crippen LogP contribution < -0.4 is 15.9 Å². The zero-order valence-electron chi connectivity index (χ0n) is 35.3. The lowest BCUT2D eigenvalue weighted by Gasteiger charge is -2.30. The van der Waals surface area contributed by atoms with E-state index in [1.807, 2.05) is 0 Å². The van der Waals surface area contributed by atoms with Gasteiger partial charge >= 0.3 is 0 Å². The number of aromatic nitrogens is 1. The summed E-state index contributed by atoms with van der Waals surface area (Å²) >= 11 is 0. The van der Waals surface area contributed by atoms with E-state index < -0.39 is 5.41 Å². The quantitative estimate of drug-likeness (QED) is 0.184. The van der Waals surface area contributed by atoms with Crippen molar-refractivity contribution in [1.29, 1.82) is 0 Å². The van der Waals surface area contributed by atoms with E-state index in [1.54, 1.807) is 0 Å². The summed E-state index contributed by atoms with van der Waals surface area (Å²) in [4.78, 5) is 5.36. The van der Waals surface area contributed by atoms with Crippen molar-refractivity contribution in [3.63, 3.8) is 0 Å². The molecule has 13 rings (SSSR count). The lowest BCUT2D eigenvalue weighted by molar-refractivity contribution is 0.794. The van der Waals surface area contributed by atoms with E-state index >= 15 is 0 Å². The second kappa shape index (κ2) is 14.5. The molecule has 2 heterocycles. The van der Waals surface area contributed by atoms with Gasteiger partial charge in [-0.25, -0.2) is 4.99 Å². The van der Waals surface area contributed by atoms with Gasteiger partial charge in [-0.2, -0.15) is 0 Å². The van der Waals surface area contributed by atoms with E-state index in [9.17, 15) is 0 Å². The number of allylic oxidation sites excluding steroid dienone is 3. The third-order valence-corrected chi connectivity index (χ3v) is 13.9. The molecule has 0 amide bonds. The van der Waals surface area contributed by atoms with E-state index in [0.29, 0.717) is 0 Å². The Hall–Kier alpha value is -8.01. The number of rotatable bonds is 5. The van der Waals surface area contributed by atoms with Gasteiger partial charge in [0.25, 0.3) is 0 Å². The van der Waals surface area contributed by atoms with Gasteiger partial charge in [-0.05, 0) is 110 Å². The second-order valence-electron chi connectivity index (χ2n) is 17.3. The molecule has 4 aliphatic rings. The molecule has 9 aromatic rings. The first-order chi connectivity index (χ1) is 31.8. The summed E-state index contributed by atoms with van der Waals surface area (Å²) in [5.74, 6) is 0.847. The fourth-order valence-electron chi connectivity index (χ4n) is 11.4. The van der Waals surface area contributed by atoms with E-state index in [0.717, 1.165) is 53.3 Å². The Balaban J connectivity index is 1.06. The first-order valence-electron chi connectivity index (χ1n) is 22.5. The number of benzene rings is 8. The molecule has 0 saturated heterocycles. The number of nitrogens with one attached hydrogen (secondary N) is 1. The zero-order valence-corrected chi connectivity index (χ0v) is 35.3. The van der Waals surface area contributed by atoms with Gasteiger partial charge in [0.1, 0.15) is 5.84 Å². The van der Waals surface area contributed by atoms with Crippen molar-refractivity contribution in [2.24, 2.45) is 4.99 Å². The second-order valence-corrected chi connectivity index (χ2v) is 17.3. The van der Waals surface area contributed by atoms with Crippen molar-refractivity contribution in [2.75, 3.05) is 0 Å². The highest BCUT2D eigenvalue weighted by molar-refractivity contribution is 6.05. The molecule has 0 fully saturated rings. The average Bonchev–Trinajstić information content (AvgIpc) is 3.97. The van der Waals surface area contributed by atoms with Crippen LogP contribution in [0.2, 0.25) is 0 Å². The van der Waals surface area contributed by atoms with Crippen molar-refractivity contribution in [1.82, 2.24) is 9.88 Å². The normalized spacial score (nSPS) is 16.1. The van der Waals surface area contributed by atoms with E-state index in [-0.39, 0.29) is 0 Å². The van der Waals surface area contributed by atoms with Gasteiger partial charge in [-0.15, -0.1) is 0 Å². The van der Waals surface area contributed by atoms with Crippen LogP contribution in [-0.4, -0.2) is 10.4 Å². The van der Waals surface area contributed by atoms with Crippen molar-refractivity contribution in [3.8, 4) is 39.1 Å². The SMILES string of the molecule is C1=C(C2=c3c(n(-c4ccccc4)c4ccc(-c5cccc6c5-c5ccccc5C65c6ccccc6-c6ccccc65)cc34)=CCC2)NC(c2ccccc2)=N/C(c2ccccc2)=C/C1. The first kappa shape index (κ1) is 36.6. The van der Waals surface area contributed by atoms with Crippen molar-refractivity contribution < 1.29 is 0 Å². The summed E-state index contributed by atoms with van der Waals surface area (Å²) in [6.45, 7) is 0. The molecule has 1 aromatic heterocycles. The van der Waals surface area contributed by atoms with Crippen LogP contribution >= 0.6 is 0 Å². The van der Waals surface area contributed by atoms with Gasteiger partial charge in [0.05, 0.1) is 22.0 Å². The molecule has 8 aromatic carbocycles. The Bertz CT molecular complexity index is 3540. The summed E-state index contributed by atoms with van der Waals surface area (Å²) in [6.07, 6.45) is 9.70. The molecular weight excluding hydrogens is 775 g/mol. The minimum Gasteiger partial charge on any atom is -0.340 e. The summed E-state index contributed by atoms with van der Waals surface area (Å²) in [5, 5.41) is 7.72. The molecule has 302 valence electrons. The highest BCUT2D eigenvalue weighted by Gasteiger charge is 2.52. The molecule has 0 unspecified atom stereocenters. The maximum absolute atomic E-state index is 5.36. The molecular formula is C61H43N3. The standard InChI is InChI=1S/C61H43N3/c1-4-19-40(20-5-1)54-34-18-35-55(63-60(62-54)41-21-6-2-7-22-41)48-29-17-36-57-59(48)49-39-42(37-38-56(49)64(57)43-23-8-3-9-24-43)44-28-16-33-53-58(44)47-27-12-15-32-52(47)61(53)50-30-13-10-25-45(50)46-26-11-14-31-51(46)61/h1-16,19-28,30-39H,17-18,29H2,(H,62,63)/b54-34+,55-35?. The van der Waals surface area contributed by atoms with E-state index in [2.05, 4.69) is 228 Å². The van der Waals surface area contributed by atoms with Gasteiger partial charge in [0.2, 0.25) is 0 Å². The minimum atomic E-state index is -0.395. The number of amidine groups is 1. The Morgan fingerprint density at radius 2 is 1.08 bits per heavy atom. The van der Waals surface area contributed by atoms with Gasteiger partial charge in [0, 0.05) is 27.6 Å². The van der Waals surface area contributed by atoms with E-state index in [4.69, 9.17) is 4.99 Å². The number of aliphatic imine (C=N–C) groups is 1. The molecule has 1 spiro atoms. The van der Waals surface area contributed by atoms with Gasteiger partial charge in [-0.1, -0.05) is 194 Å². The smallest absolute Gasteiger partial charge is 0.138 e. The number of hydrogen-bond donors (Lipinski definition) is 1. The van der Waals surface area contributed by atoms with Crippen LogP contribution in [0.5, 0.6) is 0 Å². The van der Waals surface area contributed by atoms with E-state index in [1.165, 1.54) is 82.7 Å². The molecule has 3 nitrogen and oxygen atoms in total. The van der Waals surface area contributed by atoms with Crippen LogP contribution in [0, 0.1) is 0 Å². The van der Waals surface area contributed by atoms with Gasteiger partial charge in [-0.3, -0.25) is 0 Å². The fraction of sp³-hybridized carbons (Fsp3) is 0.0656. The predicted molar refractivity (Wildman–Crippen MR) is 265 cm³/mol. The number of nitrogens with zero attached hydrogens (tertiary/aromatic N) is 2. The highest BCUT2D eigenvalue weighted by Crippen LogP contribution is 2.63. The number of para-hydroxylation sites is 1. The zero-order chi connectivity index (χ0) is 42.2. The molecule has 3 aliphatic carbocycles. The van der Waals surface area contributed by atoms with Crippen LogP contribution in [0.15, 0.2) is 223 Å². The van der Waals surface area contributed by atoms with Crippen molar-refractivity contribution in [2.45, 2.75) is 24.7 Å². The third-order valence-electron chi connectivity index (χ3n) is 13.9. The number of fused-ring (bicyclic) bond motifs is 13. The summed E-state index contributed by atoms with van der Waals surface area (Å²) in [6, 6.07) is 73.4. The highest BCUT2D eigenvalue weighted by atomic mass is 15.0. The molecule has 3 heteroatoms. The van der Waals surface area contributed by atoms with Crippen LogP contribution in [0.25, 0.3) is 67.3 Å². The lowest BCUT2D eigenvalue weighted by atomic mass is 9.70. The average molecular weight is 818 g/mol. The van der Waals surface area contributed by atoms with Crippen LogP contribution in [0.1, 0.15) is 52.6 Å². The van der Waals surface area contributed by atoms with Gasteiger partial charge < -0.3 is 9.88 Å². The molecule has 1 aliphatic heterocycles. The molecule has 0 radical (unpaired) electrons. The van der Waals surface area contributed by atoms with Crippen LogP contribution in [0.3, 0.4) is 0 Å². The molecule has 64 heavy (non-hydrogen) atoms. The predicted octanol–water partition coefficient (Wildman–Crippen LogP) is 12.7. The Labute approximate surface area is 373 Å². The fourth-order valence-corrected chi connectivity index (χ4v) is 11.4. The lowest BCUT2D eigenvalue weighted by Crippen LogP contribution is -2.36. The summed E-state index contributed by atoms with van der Waals surface area (Å²) in [5.41, 5.74) is 20.7. The molecule has 0 saturated carbocycles. The summed E-state index contributed by atoms with van der Waals surface area (Å²) in [7, 11) is 0. The minimum absolute atomic E-state index is 0.395. The topological polar surface area (TPSA) is 29.3 Å². The largest absolute Gasteiger partial charge is 0.340 e. The monoisotopic (exact) mass is 817 g/mol. The molecule has 0 bridgehead atoms. The maximum atomic E-state index is 5.36. The van der Waals surface area contributed by atoms with Crippen LogP contribution in [0.4, 0.5) is 0 Å². The maximum Gasteiger partial charge on any atom is 0.138 e. The number of hydrogen-bond acceptors (Lipinski definition) is 2.